The van der Waals surface area contributed by atoms with Crippen molar-refractivity contribution in [1.82, 2.24) is 15.0 Å². The maximum Gasteiger partial charge on any atom is 0.278 e. The van der Waals surface area contributed by atoms with Crippen LogP contribution in [0.5, 0.6) is 0 Å². The quantitative estimate of drug-likeness (QED) is 0.303. The Morgan fingerprint density at radius 1 is 1.00 bits per heavy atom. The van der Waals surface area contributed by atoms with Crippen molar-refractivity contribution >= 4 is 16.6 Å². The largest absolute Gasteiger partial charge is 0.278 e. The molecule has 0 amide bonds. The van der Waals surface area contributed by atoms with E-state index in [0.29, 0.717) is 29.6 Å². The molecule has 0 atom stereocenters. The molecule has 0 radical (unpaired) electrons. The number of nitro groups is 1. The lowest BCUT2D eigenvalue weighted by atomic mass is 10.1. The first-order valence-electron chi connectivity index (χ1n) is 8.64. The monoisotopic (exact) mass is 374 g/mol. The summed E-state index contributed by atoms with van der Waals surface area (Å²) in [6, 6.07) is 17.5. The van der Waals surface area contributed by atoms with Crippen molar-refractivity contribution in [3.05, 3.63) is 105 Å². The minimum atomic E-state index is -0.380. The van der Waals surface area contributed by atoms with Crippen molar-refractivity contribution in [3.63, 3.8) is 0 Å². The summed E-state index contributed by atoms with van der Waals surface area (Å²) in [7, 11) is 0. The van der Waals surface area contributed by atoms with Gasteiger partial charge in [0.2, 0.25) is 0 Å². The molecular weight excluding hydrogens is 358 g/mol. The number of nitro benzene ring substituents is 1. The number of pyridine rings is 1. The van der Waals surface area contributed by atoms with Crippen molar-refractivity contribution in [2.24, 2.45) is 0 Å². The SMILES string of the molecule is O=c1c2ccccc2nnn1Cc1cc[n+](Cc2ccccc2[N+](=O)[O-])cc1. The second-order valence-corrected chi connectivity index (χ2v) is 6.33. The van der Waals surface area contributed by atoms with Crippen LogP contribution < -0.4 is 10.1 Å². The van der Waals surface area contributed by atoms with E-state index in [1.165, 1.54) is 10.7 Å². The van der Waals surface area contributed by atoms with Crippen LogP contribution in [0, 0.1) is 10.1 Å². The van der Waals surface area contributed by atoms with E-state index in [1.807, 2.05) is 35.2 Å². The summed E-state index contributed by atoms with van der Waals surface area (Å²) >= 11 is 0. The summed E-state index contributed by atoms with van der Waals surface area (Å²) in [4.78, 5) is 23.3. The minimum absolute atomic E-state index is 0.0945. The third-order valence-corrected chi connectivity index (χ3v) is 4.46. The van der Waals surface area contributed by atoms with Gasteiger partial charge in [0.05, 0.1) is 22.4 Å². The molecule has 0 N–H and O–H groups in total. The summed E-state index contributed by atoms with van der Waals surface area (Å²) in [5, 5.41) is 19.8. The van der Waals surface area contributed by atoms with E-state index >= 15 is 0 Å². The van der Waals surface area contributed by atoms with Gasteiger partial charge in [-0.3, -0.25) is 14.9 Å². The van der Waals surface area contributed by atoms with Crippen molar-refractivity contribution < 1.29 is 9.49 Å². The van der Waals surface area contributed by atoms with Gasteiger partial charge in [-0.25, -0.2) is 9.25 Å². The van der Waals surface area contributed by atoms with Gasteiger partial charge in [0.25, 0.3) is 11.2 Å². The van der Waals surface area contributed by atoms with Gasteiger partial charge in [0.15, 0.2) is 18.9 Å². The summed E-state index contributed by atoms with van der Waals surface area (Å²) in [6.45, 7) is 0.677. The second-order valence-electron chi connectivity index (χ2n) is 6.33. The van der Waals surface area contributed by atoms with E-state index in [0.717, 1.165) is 5.56 Å². The number of aromatic nitrogens is 4. The van der Waals surface area contributed by atoms with Crippen LogP contribution in [0.4, 0.5) is 5.69 Å². The topological polar surface area (TPSA) is 94.8 Å². The van der Waals surface area contributed by atoms with Gasteiger partial charge in [-0.15, -0.1) is 5.10 Å². The van der Waals surface area contributed by atoms with Crippen LogP contribution in [0.2, 0.25) is 0 Å². The number of nitrogens with zero attached hydrogens (tertiary/aromatic N) is 5. The summed E-state index contributed by atoms with van der Waals surface area (Å²) in [6.07, 6.45) is 3.65. The van der Waals surface area contributed by atoms with E-state index < -0.39 is 0 Å². The average Bonchev–Trinajstić information content (AvgIpc) is 2.72. The Morgan fingerprint density at radius 3 is 2.50 bits per heavy atom. The Morgan fingerprint density at radius 2 is 1.71 bits per heavy atom. The van der Waals surface area contributed by atoms with E-state index in [9.17, 15) is 14.9 Å². The lowest BCUT2D eigenvalue weighted by molar-refractivity contribution is -0.688. The van der Waals surface area contributed by atoms with Gasteiger partial charge >= 0.3 is 0 Å². The number of para-hydroxylation sites is 1. The molecule has 2 aromatic carbocycles. The molecule has 28 heavy (non-hydrogen) atoms. The van der Waals surface area contributed by atoms with Gasteiger partial charge < -0.3 is 0 Å². The normalized spacial score (nSPS) is 10.9. The molecule has 0 aliphatic rings. The second kappa shape index (κ2) is 7.36. The molecule has 0 saturated carbocycles. The molecule has 138 valence electrons. The lowest BCUT2D eigenvalue weighted by Gasteiger charge is -2.05. The fourth-order valence-corrected chi connectivity index (χ4v) is 3.02. The van der Waals surface area contributed by atoms with Crippen LogP contribution in [0.3, 0.4) is 0 Å². The van der Waals surface area contributed by atoms with E-state index in [4.69, 9.17) is 0 Å². The van der Waals surface area contributed by atoms with E-state index in [1.54, 1.807) is 36.4 Å². The van der Waals surface area contributed by atoms with Crippen LogP contribution in [0.1, 0.15) is 11.1 Å². The van der Waals surface area contributed by atoms with Crippen molar-refractivity contribution in [2.45, 2.75) is 13.1 Å². The molecule has 8 nitrogen and oxygen atoms in total. The zero-order valence-electron chi connectivity index (χ0n) is 14.8. The molecule has 0 saturated heterocycles. The third-order valence-electron chi connectivity index (χ3n) is 4.46. The summed E-state index contributed by atoms with van der Waals surface area (Å²) in [5.41, 5.74) is 1.98. The molecule has 0 unspecified atom stereocenters. The Hall–Kier alpha value is -3.94. The smallest absolute Gasteiger partial charge is 0.267 e. The van der Waals surface area contributed by atoms with Crippen molar-refractivity contribution in [1.29, 1.82) is 0 Å². The first-order valence-corrected chi connectivity index (χ1v) is 8.64. The van der Waals surface area contributed by atoms with Crippen LogP contribution in [-0.4, -0.2) is 19.9 Å². The zero-order valence-corrected chi connectivity index (χ0v) is 14.8. The fraction of sp³-hybridized carbons (Fsp3) is 0.100. The predicted octanol–water partition coefficient (Wildman–Crippen LogP) is 2.08. The highest BCUT2D eigenvalue weighted by molar-refractivity contribution is 5.76. The van der Waals surface area contributed by atoms with Gasteiger partial charge in [-0.05, 0) is 23.8 Å². The molecule has 4 rings (SSSR count). The van der Waals surface area contributed by atoms with Crippen molar-refractivity contribution in [2.75, 3.05) is 0 Å². The Kier molecular flexibility index (Phi) is 4.59. The van der Waals surface area contributed by atoms with Crippen molar-refractivity contribution in [3.8, 4) is 0 Å². The highest BCUT2D eigenvalue weighted by Gasteiger charge is 2.16. The van der Waals surface area contributed by atoms with Gasteiger partial charge in [-0.2, -0.15) is 0 Å². The minimum Gasteiger partial charge on any atom is -0.267 e. The fourth-order valence-electron chi connectivity index (χ4n) is 3.02. The van der Waals surface area contributed by atoms with Crippen LogP contribution in [0.25, 0.3) is 10.9 Å². The maximum absolute atomic E-state index is 12.5. The van der Waals surface area contributed by atoms with Crippen LogP contribution in [-0.2, 0) is 13.1 Å². The number of hydrogen-bond donors (Lipinski definition) is 0. The van der Waals surface area contributed by atoms with E-state index in [-0.39, 0.29) is 16.2 Å². The van der Waals surface area contributed by atoms with Gasteiger partial charge in [0.1, 0.15) is 5.52 Å². The molecule has 0 fully saturated rings. The molecule has 0 spiro atoms. The lowest BCUT2D eigenvalue weighted by Crippen LogP contribution is -2.34. The third kappa shape index (κ3) is 3.48. The molecule has 0 aliphatic carbocycles. The number of benzene rings is 2. The first kappa shape index (κ1) is 17.5. The maximum atomic E-state index is 12.5. The highest BCUT2D eigenvalue weighted by Crippen LogP contribution is 2.17. The molecule has 8 heteroatoms. The number of rotatable bonds is 5. The predicted molar refractivity (Wildman–Crippen MR) is 102 cm³/mol. The molecule has 2 heterocycles. The highest BCUT2D eigenvalue weighted by atomic mass is 16.6. The van der Waals surface area contributed by atoms with Gasteiger partial charge in [-0.1, -0.05) is 29.5 Å². The summed E-state index contributed by atoms with van der Waals surface area (Å²) in [5.74, 6) is 0. The van der Waals surface area contributed by atoms with E-state index in [2.05, 4.69) is 10.3 Å². The molecule has 4 aromatic rings. The van der Waals surface area contributed by atoms with Gasteiger partial charge in [0, 0.05) is 18.2 Å². The van der Waals surface area contributed by atoms with Crippen LogP contribution >= 0.6 is 0 Å². The first-order chi connectivity index (χ1) is 13.6. The molecule has 0 bridgehead atoms. The Balaban J connectivity index is 1.55. The molecule has 0 aliphatic heterocycles. The average molecular weight is 374 g/mol. The standard InChI is InChI=1S/C20H16N5O3/c26-20-17-6-2-3-7-18(17)21-22-24(20)13-15-9-11-23(12-10-15)14-16-5-1-4-8-19(16)25(27)28/h1-12H,13-14H2/q+1. The Bertz CT molecular complexity index is 1220. The van der Waals surface area contributed by atoms with Crippen LogP contribution in [0.15, 0.2) is 77.9 Å². The molecular formula is C20H16N5O3+. The summed E-state index contributed by atoms with van der Waals surface area (Å²) < 4.78 is 3.17. The Labute approximate surface area is 159 Å². The number of fused-ring (bicyclic) bond motifs is 1. The number of hydrogen-bond acceptors (Lipinski definition) is 5. The zero-order chi connectivity index (χ0) is 19.5. The molecule has 2 aromatic heterocycles.